The van der Waals surface area contributed by atoms with E-state index in [1.807, 2.05) is 24.3 Å². The highest BCUT2D eigenvalue weighted by Gasteiger charge is 2.33. The van der Waals surface area contributed by atoms with Crippen LogP contribution in [0.3, 0.4) is 0 Å². The largest absolute Gasteiger partial charge is 0.496 e. The van der Waals surface area contributed by atoms with Crippen molar-refractivity contribution in [3.63, 3.8) is 0 Å². The molecule has 18 heavy (non-hydrogen) atoms. The van der Waals surface area contributed by atoms with Crippen molar-refractivity contribution in [2.24, 2.45) is 0 Å². The lowest BCUT2D eigenvalue weighted by Gasteiger charge is -2.14. The molecule has 0 saturated heterocycles. The number of nitrogens with zero attached hydrogens (tertiary/aromatic N) is 1. The smallest absolute Gasteiger partial charge is 0.339 e. The van der Waals surface area contributed by atoms with Crippen molar-refractivity contribution in [2.45, 2.75) is 6.10 Å². The fraction of sp³-hybridized carbons (Fsp3) is 0.143. The Kier molecular flexibility index (Phi) is 2.48. The van der Waals surface area contributed by atoms with Crippen LogP contribution < -0.4 is 4.74 Å². The van der Waals surface area contributed by atoms with Crippen LogP contribution in [-0.2, 0) is 4.74 Å². The Hall–Kier alpha value is -2.36. The maximum Gasteiger partial charge on any atom is 0.339 e. The van der Waals surface area contributed by atoms with E-state index in [2.05, 4.69) is 4.98 Å². The molecule has 0 amide bonds. The molecule has 0 aliphatic carbocycles. The molecular formula is C14H11NO3. The molecular weight excluding hydrogens is 230 g/mol. The van der Waals surface area contributed by atoms with Gasteiger partial charge in [-0.1, -0.05) is 18.2 Å². The molecule has 0 saturated carbocycles. The van der Waals surface area contributed by atoms with Crippen LogP contribution in [0.5, 0.6) is 5.75 Å². The van der Waals surface area contributed by atoms with Crippen LogP contribution in [0.2, 0.25) is 0 Å². The summed E-state index contributed by atoms with van der Waals surface area (Å²) in [6, 6.07) is 9.17. The number of rotatable bonds is 2. The molecule has 0 radical (unpaired) electrons. The highest BCUT2D eigenvalue weighted by Crippen LogP contribution is 2.38. The van der Waals surface area contributed by atoms with Gasteiger partial charge in [0.15, 0.2) is 6.10 Å². The normalized spacial score (nSPS) is 17.2. The van der Waals surface area contributed by atoms with Crippen LogP contribution in [0.1, 0.15) is 27.6 Å². The number of methoxy groups -OCH3 is 1. The minimum Gasteiger partial charge on any atom is -0.496 e. The number of ether oxygens (including phenoxy) is 2. The summed E-state index contributed by atoms with van der Waals surface area (Å²) < 4.78 is 10.7. The summed E-state index contributed by atoms with van der Waals surface area (Å²) in [6.45, 7) is 0. The Labute approximate surface area is 104 Å². The molecule has 4 nitrogen and oxygen atoms in total. The maximum absolute atomic E-state index is 11.8. The van der Waals surface area contributed by atoms with Gasteiger partial charge in [0.2, 0.25) is 0 Å². The van der Waals surface area contributed by atoms with Crippen LogP contribution in [0.15, 0.2) is 42.7 Å². The van der Waals surface area contributed by atoms with E-state index in [-0.39, 0.29) is 5.97 Å². The number of fused-ring (bicyclic) bond motifs is 1. The number of hydrogen-bond acceptors (Lipinski definition) is 4. The van der Waals surface area contributed by atoms with Crippen LogP contribution >= 0.6 is 0 Å². The molecule has 1 atom stereocenters. The van der Waals surface area contributed by atoms with Gasteiger partial charge in [0.05, 0.1) is 12.7 Å². The van der Waals surface area contributed by atoms with Gasteiger partial charge in [-0.05, 0) is 12.1 Å². The predicted molar refractivity (Wildman–Crippen MR) is 64.5 cm³/mol. The lowest BCUT2D eigenvalue weighted by Crippen LogP contribution is -2.03. The average molecular weight is 241 g/mol. The highest BCUT2D eigenvalue weighted by atomic mass is 16.6. The number of carbonyl (C=O) groups excluding carboxylic acids is 1. The number of pyridine rings is 1. The fourth-order valence-electron chi connectivity index (χ4n) is 2.15. The van der Waals surface area contributed by atoms with Gasteiger partial charge in [0.25, 0.3) is 0 Å². The van der Waals surface area contributed by atoms with Gasteiger partial charge < -0.3 is 9.47 Å². The minimum absolute atomic E-state index is 0.316. The van der Waals surface area contributed by atoms with Crippen molar-refractivity contribution < 1.29 is 14.3 Å². The Bertz CT molecular complexity index is 609. The number of esters is 1. The van der Waals surface area contributed by atoms with Crippen molar-refractivity contribution >= 4 is 5.97 Å². The highest BCUT2D eigenvalue weighted by molar-refractivity contribution is 5.94. The quantitative estimate of drug-likeness (QED) is 0.757. The summed E-state index contributed by atoms with van der Waals surface area (Å²) in [5, 5.41) is 0. The van der Waals surface area contributed by atoms with Crippen molar-refractivity contribution in [3.8, 4) is 5.75 Å². The zero-order valence-electron chi connectivity index (χ0n) is 9.79. The number of benzene rings is 1. The van der Waals surface area contributed by atoms with Crippen LogP contribution in [-0.4, -0.2) is 18.1 Å². The van der Waals surface area contributed by atoms with E-state index in [4.69, 9.17) is 9.47 Å². The second-order valence-electron chi connectivity index (χ2n) is 3.99. The van der Waals surface area contributed by atoms with Crippen molar-refractivity contribution in [1.82, 2.24) is 4.98 Å². The number of cyclic esters (lactones) is 1. The molecule has 2 aromatic rings. The maximum atomic E-state index is 11.8. The van der Waals surface area contributed by atoms with Crippen LogP contribution in [0.25, 0.3) is 0 Å². The zero-order valence-corrected chi connectivity index (χ0v) is 9.79. The second-order valence-corrected chi connectivity index (χ2v) is 3.99. The van der Waals surface area contributed by atoms with E-state index in [0.29, 0.717) is 11.3 Å². The molecule has 0 spiro atoms. The van der Waals surface area contributed by atoms with Gasteiger partial charge in [-0.25, -0.2) is 4.79 Å². The molecule has 0 bridgehead atoms. The number of hydrogen-bond donors (Lipinski definition) is 0. The molecule has 0 fully saturated rings. The molecule has 1 aliphatic heterocycles. The molecule has 1 aromatic heterocycles. The summed E-state index contributed by atoms with van der Waals surface area (Å²) in [5.74, 6) is 0.385. The molecule has 90 valence electrons. The summed E-state index contributed by atoms with van der Waals surface area (Å²) in [6.07, 6.45) is 2.82. The number of aromatic nitrogens is 1. The monoisotopic (exact) mass is 241 g/mol. The summed E-state index contributed by atoms with van der Waals surface area (Å²) in [4.78, 5) is 15.8. The number of para-hydroxylation sites is 1. The molecule has 3 rings (SSSR count). The Morgan fingerprint density at radius 2 is 2.06 bits per heavy atom. The van der Waals surface area contributed by atoms with Gasteiger partial charge in [-0.3, -0.25) is 4.98 Å². The summed E-state index contributed by atoms with van der Waals surface area (Å²) in [7, 11) is 1.60. The Morgan fingerprint density at radius 3 is 2.89 bits per heavy atom. The molecule has 4 heteroatoms. The molecule has 2 heterocycles. The molecule has 0 N–H and O–H groups in total. The van der Waals surface area contributed by atoms with Gasteiger partial charge in [-0.15, -0.1) is 0 Å². The van der Waals surface area contributed by atoms with Crippen LogP contribution in [0, 0.1) is 0 Å². The molecule has 1 aromatic carbocycles. The lowest BCUT2D eigenvalue weighted by molar-refractivity contribution is 0.0452. The molecule has 1 unspecified atom stereocenters. The second kappa shape index (κ2) is 4.14. The van der Waals surface area contributed by atoms with E-state index in [0.717, 1.165) is 11.1 Å². The first-order valence-electron chi connectivity index (χ1n) is 5.59. The lowest BCUT2D eigenvalue weighted by atomic mass is 10.0. The van der Waals surface area contributed by atoms with Gasteiger partial charge in [-0.2, -0.15) is 0 Å². The average Bonchev–Trinajstić information content (AvgIpc) is 2.77. The summed E-state index contributed by atoms with van der Waals surface area (Å²) >= 11 is 0. The first-order valence-corrected chi connectivity index (χ1v) is 5.59. The summed E-state index contributed by atoms with van der Waals surface area (Å²) in [5.41, 5.74) is 2.19. The minimum atomic E-state index is -0.433. The van der Waals surface area contributed by atoms with E-state index in [9.17, 15) is 4.79 Å². The topological polar surface area (TPSA) is 48.4 Å². The first kappa shape index (κ1) is 10.8. The van der Waals surface area contributed by atoms with Crippen LogP contribution in [0.4, 0.5) is 0 Å². The van der Waals surface area contributed by atoms with Gasteiger partial charge >= 0.3 is 5.97 Å². The van der Waals surface area contributed by atoms with E-state index < -0.39 is 6.10 Å². The van der Waals surface area contributed by atoms with Gasteiger partial charge in [0.1, 0.15) is 5.75 Å². The third-order valence-electron chi connectivity index (χ3n) is 3.00. The Balaban J connectivity index is 2.12. The van der Waals surface area contributed by atoms with E-state index in [1.165, 1.54) is 0 Å². The van der Waals surface area contributed by atoms with Crippen molar-refractivity contribution in [1.29, 1.82) is 0 Å². The standard InChI is InChI=1S/C14H11NO3/c1-17-12-5-3-2-4-10(12)13-11-8-15-7-6-9(11)14(16)18-13/h2-8,13H,1H3. The van der Waals surface area contributed by atoms with Crippen molar-refractivity contribution in [2.75, 3.05) is 7.11 Å². The van der Waals surface area contributed by atoms with Gasteiger partial charge in [0, 0.05) is 23.5 Å². The first-order chi connectivity index (χ1) is 8.81. The third-order valence-corrected chi connectivity index (χ3v) is 3.00. The SMILES string of the molecule is COc1ccccc1C1OC(=O)c2ccncc21. The number of carbonyl (C=O) groups is 1. The Morgan fingerprint density at radius 1 is 1.22 bits per heavy atom. The van der Waals surface area contributed by atoms with E-state index in [1.54, 1.807) is 25.6 Å². The predicted octanol–water partition coefficient (Wildman–Crippen LogP) is 2.35. The molecule has 1 aliphatic rings. The van der Waals surface area contributed by atoms with Crippen molar-refractivity contribution in [3.05, 3.63) is 59.4 Å². The fourth-order valence-corrected chi connectivity index (χ4v) is 2.15. The third kappa shape index (κ3) is 1.54. The van der Waals surface area contributed by atoms with E-state index >= 15 is 0 Å². The zero-order chi connectivity index (χ0) is 12.5.